The summed E-state index contributed by atoms with van der Waals surface area (Å²) >= 11 is 0. The molecule has 3 fully saturated rings. The van der Waals surface area contributed by atoms with Gasteiger partial charge in [0.25, 0.3) is 0 Å². The van der Waals surface area contributed by atoms with Crippen LogP contribution in [-0.2, 0) is 9.59 Å². The smallest absolute Gasteiger partial charge is 0.178 e. The van der Waals surface area contributed by atoms with E-state index < -0.39 is 18.1 Å². The van der Waals surface area contributed by atoms with Gasteiger partial charge >= 0.3 is 0 Å². The van der Waals surface area contributed by atoms with E-state index in [-0.39, 0.29) is 34.7 Å². The molecule has 0 spiro atoms. The highest BCUT2D eigenvalue weighted by Gasteiger charge is 2.67. The van der Waals surface area contributed by atoms with Gasteiger partial charge in [-0.2, -0.15) is 0 Å². The first kappa shape index (κ1) is 18.1. The molecule has 4 rings (SSSR count). The van der Waals surface area contributed by atoms with E-state index in [0.717, 1.165) is 19.3 Å². The van der Waals surface area contributed by atoms with Crippen LogP contribution in [0.2, 0.25) is 0 Å². The number of rotatable bonds is 2. The zero-order valence-corrected chi connectivity index (χ0v) is 15.9. The molecule has 3 saturated carbocycles. The van der Waals surface area contributed by atoms with Gasteiger partial charge in [0.1, 0.15) is 6.61 Å². The van der Waals surface area contributed by atoms with Gasteiger partial charge in [-0.3, -0.25) is 9.59 Å². The summed E-state index contributed by atoms with van der Waals surface area (Å²) in [6, 6.07) is 0. The molecule has 0 aromatic heterocycles. The van der Waals surface area contributed by atoms with Crippen LogP contribution in [0.4, 0.5) is 0 Å². The zero-order chi connectivity index (χ0) is 18.9. The van der Waals surface area contributed by atoms with Crippen LogP contribution >= 0.6 is 0 Å². The molecular formula is C22H30O4. The Kier molecular flexibility index (Phi) is 4.09. The third kappa shape index (κ3) is 2.15. The van der Waals surface area contributed by atoms with Crippen molar-refractivity contribution in [3.05, 3.63) is 23.8 Å². The second kappa shape index (κ2) is 5.87. The Morgan fingerprint density at radius 2 is 2.08 bits per heavy atom. The molecule has 0 amide bonds. The number of allylic oxidation sites excluding steroid dienone is 4. The lowest BCUT2D eigenvalue weighted by Gasteiger charge is -2.57. The molecule has 0 bridgehead atoms. The van der Waals surface area contributed by atoms with Crippen molar-refractivity contribution in [3.8, 4) is 0 Å². The average molecular weight is 358 g/mol. The molecule has 0 saturated heterocycles. The summed E-state index contributed by atoms with van der Waals surface area (Å²) in [6.45, 7) is 5.88. The van der Waals surface area contributed by atoms with E-state index in [1.165, 1.54) is 5.57 Å². The topological polar surface area (TPSA) is 74.6 Å². The third-order valence-electron chi connectivity index (χ3n) is 8.81. The van der Waals surface area contributed by atoms with Crippen molar-refractivity contribution < 1.29 is 19.8 Å². The number of fused-ring (bicyclic) bond motifs is 5. The van der Waals surface area contributed by atoms with Gasteiger partial charge in [0.15, 0.2) is 11.6 Å². The van der Waals surface area contributed by atoms with Gasteiger partial charge < -0.3 is 10.2 Å². The SMILES string of the molecule is C[C@H]1CC2C3CCC4=CC(=O)C=CC4C3C(O)CC2(C)C1(C)C(=O)CO. The van der Waals surface area contributed by atoms with Crippen LogP contribution in [0.15, 0.2) is 23.8 Å². The molecule has 8 atom stereocenters. The molecule has 0 aliphatic heterocycles. The number of aliphatic hydroxyl groups excluding tert-OH is 2. The molecular weight excluding hydrogens is 328 g/mol. The summed E-state index contributed by atoms with van der Waals surface area (Å²) in [4.78, 5) is 24.5. The summed E-state index contributed by atoms with van der Waals surface area (Å²) in [5.41, 5.74) is 0.288. The average Bonchev–Trinajstić information content (AvgIpc) is 2.81. The number of hydrogen-bond donors (Lipinski definition) is 2. The predicted molar refractivity (Wildman–Crippen MR) is 98.1 cm³/mol. The van der Waals surface area contributed by atoms with Crippen molar-refractivity contribution >= 4 is 11.6 Å². The van der Waals surface area contributed by atoms with Crippen LogP contribution in [0, 0.1) is 40.4 Å². The second-order valence-corrected chi connectivity index (χ2v) is 9.50. The van der Waals surface area contributed by atoms with Crippen LogP contribution < -0.4 is 0 Å². The number of ketones is 2. The molecule has 26 heavy (non-hydrogen) atoms. The standard InChI is InChI=1S/C22H30O4/c1-12-8-17-16-6-4-13-9-14(24)5-7-15(13)20(16)18(25)10-21(17,2)22(12,3)19(26)11-23/h5,7,9,12,15-18,20,23,25H,4,6,8,10-11H2,1-3H3/t12-,15?,16?,17?,18?,20?,21?,22?/m0/s1. The van der Waals surface area contributed by atoms with Crippen molar-refractivity contribution in [3.63, 3.8) is 0 Å². The van der Waals surface area contributed by atoms with Crippen molar-refractivity contribution in [2.75, 3.05) is 6.61 Å². The summed E-state index contributed by atoms with van der Waals surface area (Å²) in [7, 11) is 0. The van der Waals surface area contributed by atoms with Gasteiger partial charge in [0, 0.05) is 11.3 Å². The number of carbonyl (C=O) groups is 2. The Hall–Kier alpha value is -1.26. The molecule has 142 valence electrons. The Bertz CT molecular complexity index is 707. The van der Waals surface area contributed by atoms with Crippen molar-refractivity contribution in [1.82, 2.24) is 0 Å². The summed E-state index contributed by atoms with van der Waals surface area (Å²) < 4.78 is 0. The Morgan fingerprint density at radius 3 is 2.77 bits per heavy atom. The first-order valence-corrected chi connectivity index (χ1v) is 9.99. The maximum Gasteiger partial charge on any atom is 0.178 e. The van der Waals surface area contributed by atoms with E-state index in [1.807, 2.05) is 13.0 Å². The van der Waals surface area contributed by atoms with Gasteiger partial charge in [-0.15, -0.1) is 0 Å². The van der Waals surface area contributed by atoms with Crippen LogP contribution in [0.5, 0.6) is 0 Å². The van der Waals surface area contributed by atoms with Crippen LogP contribution in [-0.4, -0.2) is 34.5 Å². The fourth-order valence-electron chi connectivity index (χ4n) is 7.21. The number of hydrogen-bond acceptors (Lipinski definition) is 4. The van der Waals surface area contributed by atoms with E-state index in [1.54, 1.807) is 12.2 Å². The minimum atomic E-state index is -0.590. The quantitative estimate of drug-likeness (QED) is 0.796. The Balaban J connectivity index is 1.73. The van der Waals surface area contributed by atoms with Crippen LogP contribution in [0.25, 0.3) is 0 Å². The molecule has 2 N–H and O–H groups in total. The maximum atomic E-state index is 12.7. The van der Waals surface area contributed by atoms with Gasteiger partial charge in [-0.1, -0.05) is 32.4 Å². The zero-order valence-electron chi connectivity index (χ0n) is 15.9. The van der Waals surface area contributed by atoms with Gasteiger partial charge in [0.05, 0.1) is 6.10 Å². The molecule has 0 aromatic rings. The Labute approximate surface area is 155 Å². The maximum absolute atomic E-state index is 12.7. The fourth-order valence-corrected chi connectivity index (χ4v) is 7.21. The Morgan fingerprint density at radius 1 is 1.35 bits per heavy atom. The summed E-state index contributed by atoms with van der Waals surface area (Å²) in [6.07, 6.45) is 8.37. The molecule has 0 radical (unpaired) electrons. The van der Waals surface area contributed by atoms with Crippen LogP contribution in [0.3, 0.4) is 0 Å². The monoisotopic (exact) mass is 358 g/mol. The van der Waals surface area contributed by atoms with E-state index in [2.05, 4.69) is 13.8 Å². The molecule has 0 aromatic carbocycles. The van der Waals surface area contributed by atoms with E-state index in [0.29, 0.717) is 18.3 Å². The highest BCUT2D eigenvalue weighted by molar-refractivity contribution is 6.00. The van der Waals surface area contributed by atoms with E-state index in [9.17, 15) is 19.8 Å². The fraction of sp³-hybridized carbons (Fsp3) is 0.727. The second-order valence-electron chi connectivity index (χ2n) is 9.50. The highest BCUT2D eigenvalue weighted by atomic mass is 16.3. The highest BCUT2D eigenvalue weighted by Crippen LogP contribution is 2.69. The summed E-state index contributed by atoms with van der Waals surface area (Å²) in [5.74, 6) is 1.19. The van der Waals surface area contributed by atoms with Gasteiger partial charge in [0.2, 0.25) is 0 Å². The van der Waals surface area contributed by atoms with Crippen molar-refractivity contribution in [1.29, 1.82) is 0 Å². The van der Waals surface area contributed by atoms with Crippen LogP contribution in [0.1, 0.15) is 46.5 Å². The lowest BCUT2D eigenvalue weighted by atomic mass is 9.47. The number of Topliss-reactive ketones (excluding diaryl/α,β-unsaturated/α-hetero) is 1. The van der Waals surface area contributed by atoms with Crippen molar-refractivity contribution in [2.24, 2.45) is 40.4 Å². The normalized spacial score (nSPS) is 49.9. The molecule has 0 heterocycles. The summed E-state index contributed by atoms with van der Waals surface area (Å²) in [5, 5.41) is 20.8. The van der Waals surface area contributed by atoms with E-state index >= 15 is 0 Å². The predicted octanol–water partition coefficient (Wildman–Crippen LogP) is 2.69. The van der Waals surface area contributed by atoms with Gasteiger partial charge in [-0.05, 0) is 66.9 Å². The number of aliphatic hydroxyl groups is 2. The minimum absolute atomic E-state index is 0.0560. The molecule has 7 unspecified atom stereocenters. The molecule has 4 aliphatic carbocycles. The number of carbonyl (C=O) groups excluding carboxylic acids is 2. The van der Waals surface area contributed by atoms with Gasteiger partial charge in [-0.25, -0.2) is 0 Å². The minimum Gasteiger partial charge on any atom is -0.393 e. The molecule has 4 aliphatic rings. The first-order chi connectivity index (χ1) is 12.2. The largest absolute Gasteiger partial charge is 0.393 e. The molecule has 4 nitrogen and oxygen atoms in total. The molecule has 4 heteroatoms. The third-order valence-corrected chi connectivity index (χ3v) is 8.81. The lowest BCUT2D eigenvalue weighted by Crippen LogP contribution is -2.57. The first-order valence-electron chi connectivity index (χ1n) is 9.99. The lowest BCUT2D eigenvalue weighted by molar-refractivity contribution is -0.154. The van der Waals surface area contributed by atoms with Crippen molar-refractivity contribution in [2.45, 2.75) is 52.6 Å². The van der Waals surface area contributed by atoms with E-state index in [4.69, 9.17) is 0 Å².